The Hall–Kier alpha value is -4.10. The number of hydrogen-bond donors (Lipinski definition) is 0. The number of methoxy groups -OCH3 is 1. The third-order valence-corrected chi connectivity index (χ3v) is 6.72. The molecule has 0 N–H and O–H groups in total. The van der Waals surface area contributed by atoms with Gasteiger partial charge in [-0.3, -0.25) is 4.90 Å². The lowest BCUT2D eigenvalue weighted by atomic mass is 10.1. The standard InChI is InChI=1S/C31H33N3O4/c1-3-4-16-34-27(18-32-30(34)25-8-6-5-7-9-25)21-33(19-23-10-13-26(14-11-23)31(35)36-2)20-24-12-15-28-29(17-24)38-22-37-28/h5-15,17-18H,3-4,16,19-22H2,1-2H3. The number of benzene rings is 3. The van der Waals surface area contributed by atoms with Crippen LogP contribution in [0.5, 0.6) is 11.5 Å². The van der Waals surface area contributed by atoms with Crippen molar-refractivity contribution in [2.24, 2.45) is 0 Å². The van der Waals surface area contributed by atoms with Crippen molar-refractivity contribution in [2.75, 3.05) is 13.9 Å². The molecule has 4 aromatic rings. The van der Waals surface area contributed by atoms with Gasteiger partial charge in [0.05, 0.1) is 24.6 Å². The second kappa shape index (κ2) is 12.0. The molecule has 1 aromatic heterocycles. The molecule has 7 heteroatoms. The highest BCUT2D eigenvalue weighted by Crippen LogP contribution is 2.33. The van der Waals surface area contributed by atoms with Crippen LogP contribution in [0.25, 0.3) is 11.4 Å². The van der Waals surface area contributed by atoms with E-state index in [9.17, 15) is 4.79 Å². The van der Waals surface area contributed by atoms with Crippen molar-refractivity contribution in [3.63, 3.8) is 0 Å². The van der Waals surface area contributed by atoms with Crippen LogP contribution in [0.3, 0.4) is 0 Å². The normalized spacial score (nSPS) is 12.2. The van der Waals surface area contributed by atoms with E-state index in [1.807, 2.05) is 42.6 Å². The summed E-state index contributed by atoms with van der Waals surface area (Å²) in [5, 5.41) is 0. The molecule has 0 fully saturated rings. The van der Waals surface area contributed by atoms with Crippen LogP contribution < -0.4 is 9.47 Å². The first-order valence-electron chi connectivity index (χ1n) is 13.0. The lowest BCUT2D eigenvalue weighted by molar-refractivity contribution is 0.0600. The maximum Gasteiger partial charge on any atom is 0.337 e. The predicted molar refractivity (Wildman–Crippen MR) is 146 cm³/mol. The SMILES string of the molecule is CCCCn1c(CN(Cc2ccc(C(=O)OC)cc2)Cc2ccc3c(c2)OCO3)cnc1-c1ccccc1. The molecule has 0 amide bonds. The molecule has 38 heavy (non-hydrogen) atoms. The molecule has 5 rings (SSSR count). The highest BCUT2D eigenvalue weighted by molar-refractivity contribution is 5.89. The van der Waals surface area contributed by atoms with Crippen molar-refractivity contribution in [1.29, 1.82) is 0 Å². The van der Waals surface area contributed by atoms with Gasteiger partial charge in [-0.15, -0.1) is 0 Å². The Balaban J connectivity index is 1.43. The van der Waals surface area contributed by atoms with Gasteiger partial charge in [0, 0.05) is 31.7 Å². The van der Waals surface area contributed by atoms with Crippen molar-refractivity contribution < 1.29 is 19.0 Å². The molecule has 0 spiro atoms. The number of aromatic nitrogens is 2. The van der Waals surface area contributed by atoms with Crippen LogP contribution in [0.1, 0.15) is 46.9 Å². The largest absolute Gasteiger partial charge is 0.465 e. The van der Waals surface area contributed by atoms with Gasteiger partial charge in [0.2, 0.25) is 6.79 Å². The molecule has 0 unspecified atom stereocenters. The number of rotatable bonds is 11. The molecule has 0 bridgehead atoms. The predicted octanol–water partition coefficient (Wildman–Crippen LogP) is 6.07. The van der Waals surface area contributed by atoms with E-state index in [-0.39, 0.29) is 12.8 Å². The van der Waals surface area contributed by atoms with E-state index in [1.165, 1.54) is 12.8 Å². The lowest BCUT2D eigenvalue weighted by Gasteiger charge is -2.24. The van der Waals surface area contributed by atoms with Gasteiger partial charge in [0.1, 0.15) is 5.82 Å². The first kappa shape index (κ1) is 25.5. The summed E-state index contributed by atoms with van der Waals surface area (Å²) in [7, 11) is 1.40. The Morgan fingerprint density at radius 2 is 1.68 bits per heavy atom. The van der Waals surface area contributed by atoms with E-state index >= 15 is 0 Å². The maximum absolute atomic E-state index is 11.9. The Morgan fingerprint density at radius 3 is 2.45 bits per heavy atom. The van der Waals surface area contributed by atoms with Crippen molar-refractivity contribution in [3.8, 4) is 22.9 Å². The van der Waals surface area contributed by atoms with Crippen LogP contribution >= 0.6 is 0 Å². The van der Waals surface area contributed by atoms with Crippen LogP contribution in [0.15, 0.2) is 79.0 Å². The van der Waals surface area contributed by atoms with Crippen molar-refractivity contribution in [1.82, 2.24) is 14.5 Å². The van der Waals surface area contributed by atoms with Gasteiger partial charge in [0.15, 0.2) is 11.5 Å². The Labute approximate surface area is 223 Å². The minimum Gasteiger partial charge on any atom is -0.465 e. The van der Waals surface area contributed by atoms with Crippen LogP contribution in [0.4, 0.5) is 0 Å². The number of fused-ring (bicyclic) bond motifs is 1. The Morgan fingerprint density at radius 1 is 0.947 bits per heavy atom. The van der Waals surface area contributed by atoms with Crippen LogP contribution in [-0.2, 0) is 30.9 Å². The molecule has 2 heterocycles. The quantitative estimate of drug-likeness (QED) is 0.228. The molecule has 0 saturated carbocycles. The summed E-state index contributed by atoms with van der Waals surface area (Å²) in [6, 6.07) is 24.1. The van der Waals surface area contributed by atoms with Crippen molar-refractivity contribution in [3.05, 3.63) is 101 Å². The first-order chi connectivity index (χ1) is 18.6. The van der Waals surface area contributed by atoms with E-state index in [2.05, 4.69) is 52.8 Å². The molecular weight excluding hydrogens is 478 g/mol. The minimum atomic E-state index is -0.331. The van der Waals surface area contributed by atoms with E-state index in [4.69, 9.17) is 19.2 Å². The molecule has 3 aromatic carbocycles. The van der Waals surface area contributed by atoms with E-state index in [0.29, 0.717) is 12.1 Å². The fraction of sp³-hybridized carbons (Fsp3) is 0.290. The van der Waals surface area contributed by atoms with E-state index in [1.54, 1.807) is 0 Å². The van der Waals surface area contributed by atoms with Crippen LogP contribution in [0.2, 0.25) is 0 Å². The lowest BCUT2D eigenvalue weighted by Crippen LogP contribution is -2.24. The van der Waals surface area contributed by atoms with Gasteiger partial charge in [-0.25, -0.2) is 9.78 Å². The maximum atomic E-state index is 11.9. The van der Waals surface area contributed by atoms with Gasteiger partial charge in [0.25, 0.3) is 0 Å². The zero-order valence-corrected chi connectivity index (χ0v) is 21.9. The molecule has 0 saturated heterocycles. The molecule has 0 atom stereocenters. The summed E-state index contributed by atoms with van der Waals surface area (Å²) in [6.45, 7) is 5.53. The summed E-state index contributed by atoms with van der Waals surface area (Å²) in [5.74, 6) is 2.23. The Kier molecular flexibility index (Phi) is 8.04. The molecule has 0 radical (unpaired) electrons. The Bertz CT molecular complexity index is 1370. The third kappa shape index (κ3) is 5.89. The topological polar surface area (TPSA) is 65.8 Å². The van der Waals surface area contributed by atoms with E-state index in [0.717, 1.165) is 66.5 Å². The fourth-order valence-electron chi connectivity index (χ4n) is 4.74. The molecule has 1 aliphatic heterocycles. The molecule has 0 aliphatic carbocycles. The molecular formula is C31H33N3O4. The van der Waals surface area contributed by atoms with Crippen molar-refractivity contribution in [2.45, 2.75) is 45.9 Å². The summed E-state index contributed by atoms with van der Waals surface area (Å²) in [4.78, 5) is 19.1. The highest BCUT2D eigenvalue weighted by atomic mass is 16.7. The number of carbonyl (C=O) groups is 1. The zero-order chi connectivity index (χ0) is 26.3. The van der Waals surface area contributed by atoms with Crippen LogP contribution in [-0.4, -0.2) is 34.3 Å². The van der Waals surface area contributed by atoms with Gasteiger partial charge < -0.3 is 18.8 Å². The number of carbonyl (C=O) groups excluding carboxylic acids is 1. The molecule has 1 aliphatic rings. The number of nitrogens with zero attached hydrogens (tertiary/aromatic N) is 3. The zero-order valence-electron chi connectivity index (χ0n) is 21.9. The number of imidazole rings is 1. The van der Waals surface area contributed by atoms with Gasteiger partial charge in [-0.2, -0.15) is 0 Å². The second-order valence-corrected chi connectivity index (χ2v) is 9.47. The third-order valence-electron chi connectivity index (χ3n) is 6.72. The summed E-state index contributed by atoms with van der Waals surface area (Å²) >= 11 is 0. The monoisotopic (exact) mass is 511 g/mol. The van der Waals surface area contributed by atoms with Gasteiger partial charge >= 0.3 is 5.97 Å². The molecule has 196 valence electrons. The first-order valence-corrected chi connectivity index (χ1v) is 13.0. The van der Waals surface area contributed by atoms with Crippen LogP contribution in [0, 0.1) is 0 Å². The van der Waals surface area contributed by atoms with Crippen molar-refractivity contribution >= 4 is 5.97 Å². The summed E-state index contributed by atoms with van der Waals surface area (Å²) < 4.78 is 18.3. The number of esters is 1. The smallest absolute Gasteiger partial charge is 0.337 e. The summed E-state index contributed by atoms with van der Waals surface area (Å²) in [5.41, 5.74) is 5.09. The molecule has 7 nitrogen and oxygen atoms in total. The minimum absolute atomic E-state index is 0.258. The van der Waals surface area contributed by atoms with Gasteiger partial charge in [-0.1, -0.05) is 61.9 Å². The average molecular weight is 512 g/mol. The number of hydrogen-bond acceptors (Lipinski definition) is 6. The number of ether oxygens (including phenoxy) is 3. The average Bonchev–Trinajstić information content (AvgIpc) is 3.59. The highest BCUT2D eigenvalue weighted by Gasteiger charge is 2.18. The fourth-order valence-corrected chi connectivity index (χ4v) is 4.74. The summed E-state index contributed by atoms with van der Waals surface area (Å²) in [6.07, 6.45) is 4.20. The van der Waals surface area contributed by atoms with E-state index < -0.39 is 0 Å². The van der Waals surface area contributed by atoms with Gasteiger partial charge in [-0.05, 0) is 41.8 Å². The number of unbranched alkanes of at least 4 members (excludes halogenated alkanes) is 1. The second-order valence-electron chi connectivity index (χ2n) is 9.47.